The van der Waals surface area contributed by atoms with Crippen LogP contribution in [0.15, 0.2) is 30.3 Å². The van der Waals surface area contributed by atoms with E-state index in [1.54, 1.807) is 0 Å². The molecule has 3 rings (SSSR count). The third kappa shape index (κ3) is 3.08. The van der Waals surface area contributed by atoms with E-state index < -0.39 is 0 Å². The summed E-state index contributed by atoms with van der Waals surface area (Å²) in [5.41, 5.74) is 4.61. The molecule has 0 bridgehead atoms. The van der Waals surface area contributed by atoms with Crippen LogP contribution >= 0.6 is 0 Å². The Morgan fingerprint density at radius 3 is 2.68 bits per heavy atom. The van der Waals surface area contributed by atoms with Crippen LogP contribution in [-0.4, -0.2) is 27.5 Å². The summed E-state index contributed by atoms with van der Waals surface area (Å²) >= 11 is 0. The standard InChI is InChI=1S/C18H25N3O/c1-13-17(12-19-11-15-7-6-10-18(15)22)14(2)21(20-13)16-8-4-3-5-9-16/h3-5,8-9,15,18-19,22H,6-7,10-12H2,1-2H3. The molecule has 2 atom stereocenters. The number of aromatic nitrogens is 2. The van der Waals surface area contributed by atoms with Crippen molar-refractivity contribution in [3.63, 3.8) is 0 Å². The van der Waals surface area contributed by atoms with Gasteiger partial charge in [-0.15, -0.1) is 0 Å². The van der Waals surface area contributed by atoms with E-state index >= 15 is 0 Å². The largest absolute Gasteiger partial charge is 0.393 e. The Labute approximate surface area is 132 Å². The molecule has 2 aromatic rings. The van der Waals surface area contributed by atoms with Crippen LogP contribution in [0.4, 0.5) is 0 Å². The normalized spacial score (nSPS) is 21.4. The van der Waals surface area contributed by atoms with Gasteiger partial charge < -0.3 is 10.4 Å². The Morgan fingerprint density at radius 2 is 2.00 bits per heavy atom. The first-order chi connectivity index (χ1) is 10.7. The van der Waals surface area contributed by atoms with Crippen LogP contribution in [-0.2, 0) is 6.54 Å². The number of nitrogens with zero attached hydrogens (tertiary/aromatic N) is 2. The van der Waals surface area contributed by atoms with Crippen LogP contribution in [0.1, 0.15) is 36.2 Å². The maximum atomic E-state index is 9.89. The van der Waals surface area contributed by atoms with E-state index in [9.17, 15) is 5.11 Å². The Hall–Kier alpha value is -1.65. The van der Waals surface area contributed by atoms with Crippen molar-refractivity contribution < 1.29 is 5.11 Å². The lowest BCUT2D eigenvalue weighted by Gasteiger charge is -2.15. The van der Waals surface area contributed by atoms with Crippen LogP contribution in [0.3, 0.4) is 0 Å². The van der Waals surface area contributed by atoms with Gasteiger partial charge in [0.2, 0.25) is 0 Å². The number of hydrogen-bond acceptors (Lipinski definition) is 3. The highest BCUT2D eigenvalue weighted by Gasteiger charge is 2.24. The third-order valence-electron chi connectivity index (χ3n) is 4.77. The molecule has 1 aromatic heterocycles. The first-order valence-electron chi connectivity index (χ1n) is 8.16. The van der Waals surface area contributed by atoms with Crippen LogP contribution in [0.5, 0.6) is 0 Å². The number of aliphatic hydroxyl groups excluding tert-OH is 1. The van der Waals surface area contributed by atoms with Gasteiger partial charge in [0.15, 0.2) is 0 Å². The average molecular weight is 299 g/mol. The summed E-state index contributed by atoms with van der Waals surface area (Å²) in [5.74, 6) is 0.407. The third-order valence-corrected chi connectivity index (χ3v) is 4.77. The maximum Gasteiger partial charge on any atom is 0.0648 e. The minimum Gasteiger partial charge on any atom is -0.393 e. The van der Waals surface area contributed by atoms with E-state index in [1.165, 1.54) is 11.3 Å². The van der Waals surface area contributed by atoms with Crippen LogP contribution < -0.4 is 5.32 Å². The minimum atomic E-state index is -0.123. The molecule has 118 valence electrons. The summed E-state index contributed by atoms with van der Waals surface area (Å²) in [7, 11) is 0. The molecule has 1 aliphatic carbocycles. The average Bonchev–Trinajstić information content (AvgIpc) is 3.06. The number of rotatable bonds is 5. The molecule has 1 aromatic carbocycles. The number of aliphatic hydroxyl groups is 1. The minimum absolute atomic E-state index is 0.123. The number of hydrogen-bond donors (Lipinski definition) is 2. The Balaban J connectivity index is 1.68. The van der Waals surface area contributed by atoms with Gasteiger partial charge in [0.25, 0.3) is 0 Å². The fraction of sp³-hybridized carbons (Fsp3) is 0.500. The van der Waals surface area contributed by atoms with Crippen molar-refractivity contribution in [3.8, 4) is 5.69 Å². The van der Waals surface area contributed by atoms with E-state index in [0.29, 0.717) is 5.92 Å². The first kappa shape index (κ1) is 15.3. The zero-order valence-electron chi connectivity index (χ0n) is 13.4. The molecule has 2 unspecified atom stereocenters. The van der Waals surface area contributed by atoms with Gasteiger partial charge in [-0.25, -0.2) is 4.68 Å². The van der Waals surface area contributed by atoms with Gasteiger partial charge >= 0.3 is 0 Å². The Bertz CT molecular complexity index is 621. The van der Waals surface area contributed by atoms with Crippen LogP contribution in [0.2, 0.25) is 0 Å². The summed E-state index contributed by atoms with van der Waals surface area (Å²) in [6.07, 6.45) is 3.12. The van der Waals surface area contributed by atoms with Crippen molar-refractivity contribution in [3.05, 3.63) is 47.3 Å². The Morgan fingerprint density at radius 1 is 1.23 bits per heavy atom. The van der Waals surface area contributed by atoms with E-state index in [2.05, 4.69) is 36.4 Å². The monoisotopic (exact) mass is 299 g/mol. The van der Waals surface area contributed by atoms with Gasteiger partial charge in [0.05, 0.1) is 17.5 Å². The summed E-state index contributed by atoms with van der Waals surface area (Å²) in [6.45, 7) is 5.88. The molecule has 2 N–H and O–H groups in total. The van der Waals surface area contributed by atoms with Crippen molar-refractivity contribution in [2.45, 2.75) is 45.8 Å². The number of nitrogens with one attached hydrogen (secondary N) is 1. The molecule has 0 spiro atoms. The summed E-state index contributed by atoms with van der Waals surface area (Å²) in [5, 5.41) is 18.1. The quantitative estimate of drug-likeness (QED) is 0.892. The fourth-order valence-electron chi connectivity index (χ4n) is 3.39. The van der Waals surface area contributed by atoms with E-state index in [1.807, 2.05) is 22.9 Å². The van der Waals surface area contributed by atoms with Gasteiger partial charge in [0.1, 0.15) is 0 Å². The highest BCUT2D eigenvalue weighted by Crippen LogP contribution is 2.25. The molecule has 1 saturated carbocycles. The van der Waals surface area contributed by atoms with E-state index in [4.69, 9.17) is 0 Å². The van der Waals surface area contributed by atoms with Gasteiger partial charge in [-0.1, -0.05) is 24.6 Å². The molecule has 4 nitrogen and oxygen atoms in total. The summed E-state index contributed by atoms with van der Waals surface area (Å²) in [4.78, 5) is 0. The molecule has 1 aliphatic rings. The second-order valence-corrected chi connectivity index (χ2v) is 6.29. The van der Waals surface area contributed by atoms with Crippen molar-refractivity contribution >= 4 is 0 Å². The lowest BCUT2D eigenvalue weighted by Crippen LogP contribution is -2.27. The highest BCUT2D eigenvalue weighted by molar-refractivity contribution is 5.36. The van der Waals surface area contributed by atoms with Crippen LogP contribution in [0.25, 0.3) is 5.69 Å². The lowest BCUT2D eigenvalue weighted by molar-refractivity contribution is 0.131. The molecule has 1 fully saturated rings. The van der Waals surface area contributed by atoms with Crippen molar-refractivity contribution in [1.29, 1.82) is 0 Å². The van der Waals surface area contributed by atoms with Crippen LogP contribution in [0, 0.1) is 19.8 Å². The van der Waals surface area contributed by atoms with Crippen molar-refractivity contribution in [2.75, 3.05) is 6.54 Å². The summed E-state index contributed by atoms with van der Waals surface area (Å²) in [6, 6.07) is 10.2. The molecule has 4 heteroatoms. The van der Waals surface area contributed by atoms with Crippen molar-refractivity contribution in [1.82, 2.24) is 15.1 Å². The molecule has 22 heavy (non-hydrogen) atoms. The number of para-hydroxylation sites is 1. The predicted molar refractivity (Wildman–Crippen MR) is 88.1 cm³/mol. The molecule has 0 amide bonds. The van der Waals surface area contributed by atoms with Crippen molar-refractivity contribution in [2.24, 2.45) is 5.92 Å². The highest BCUT2D eigenvalue weighted by atomic mass is 16.3. The number of aryl methyl sites for hydroxylation is 1. The molecule has 1 heterocycles. The van der Waals surface area contributed by atoms with Gasteiger partial charge in [0, 0.05) is 24.3 Å². The zero-order valence-corrected chi connectivity index (χ0v) is 13.4. The molecule has 0 radical (unpaired) electrons. The van der Waals surface area contributed by atoms with Gasteiger partial charge in [-0.2, -0.15) is 5.10 Å². The number of benzene rings is 1. The summed E-state index contributed by atoms with van der Waals surface area (Å²) < 4.78 is 2.01. The molecule has 0 saturated heterocycles. The second kappa shape index (κ2) is 6.63. The second-order valence-electron chi connectivity index (χ2n) is 6.29. The topological polar surface area (TPSA) is 50.1 Å². The molecular weight excluding hydrogens is 274 g/mol. The Kier molecular flexibility index (Phi) is 4.60. The first-order valence-corrected chi connectivity index (χ1v) is 8.16. The fourth-order valence-corrected chi connectivity index (χ4v) is 3.39. The maximum absolute atomic E-state index is 9.89. The SMILES string of the molecule is Cc1nn(-c2ccccc2)c(C)c1CNCC1CCCC1O. The van der Waals surface area contributed by atoms with Gasteiger partial charge in [-0.05, 0) is 44.7 Å². The zero-order chi connectivity index (χ0) is 15.5. The van der Waals surface area contributed by atoms with Gasteiger partial charge in [-0.3, -0.25) is 0 Å². The smallest absolute Gasteiger partial charge is 0.0648 e. The predicted octanol–water partition coefficient (Wildman–Crippen LogP) is 2.74. The lowest BCUT2D eigenvalue weighted by atomic mass is 10.1. The van der Waals surface area contributed by atoms with E-state index in [0.717, 1.165) is 43.7 Å². The molecule has 0 aliphatic heterocycles. The van der Waals surface area contributed by atoms with E-state index in [-0.39, 0.29) is 6.10 Å². The molecular formula is C18H25N3O.